The van der Waals surface area contributed by atoms with Gasteiger partial charge in [-0.25, -0.2) is 4.79 Å². The molecule has 1 atom stereocenters. The molecule has 0 aliphatic carbocycles. The summed E-state index contributed by atoms with van der Waals surface area (Å²) in [7, 11) is 0. The maximum Gasteiger partial charge on any atom is 0.329 e. The van der Waals surface area contributed by atoms with E-state index in [1.165, 1.54) is 6.20 Å². The predicted octanol–water partition coefficient (Wildman–Crippen LogP) is 1.24. The zero-order valence-corrected chi connectivity index (χ0v) is 8.99. The van der Waals surface area contributed by atoms with E-state index in [9.17, 15) is 4.79 Å². The summed E-state index contributed by atoms with van der Waals surface area (Å²) in [4.78, 5) is 10.2. The van der Waals surface area contributed by atoms with Crippen molar-refractivity contribution in [1.82, 2.24) is 5.32 Å². The van der Waals surface area contributed by atoms with Crippen LogP contribution < -0.4 is 5.32 Å². The van der Waals surface area contributed by atoms with E-state index in [-0.39, 0.29) is 6.04 Å². The normalized spacial score (nSPS) is 13.4. The molecule has 1 unspecified atom stereocenters. The fourth-order valence-electron chi connectivity index (χ4n) is 0.921. The smallest absolute Gasteiger partial charge is 0.329 e. The van der Waals surface area contributed by atoms with Crippen molar-refractivity contribution in [3.05, 3.63) is 12.3 Å². The van der Waals surface area contributed by atoms with Crippen LogP contribution in [0.1, 0.15) is 20.8 Å². The van der Waals surface area contributed by atoms with Crippen molar-refractivity contribution >= 4 is 5.97 Å². The van der Waals surface area contributed by atoms with Crippen LogP contribution in [-0.4, -0.2) is 30.3 Å². The van der Waals surface area contributed by atoms with E-state index in [1.807, 2.05) is 6.92 Å². The average molecular weight is 201 g/mol. The molecule has 0 aliphatic heterocycles. The number of aliphatic carboxylic acids is 1. The van der Waals surface area contributed by atoms with Gasteiger partial charge in [0.1, 0.15) is 0 Å². The van der Waals surface area contributed by atoms with E-state index in [4.69, 9.17) is 9.84 Å². The first-order valence-corrected chi connectivity index (χ1v) is 4.81. The molecule has 0 aromatic heterocycles. The molecule has 0 saturated heterocycles. The number of carbonyl (C=O) groups is 1. The summed E-state index contributed by atoms with van der Waals surface area (Å²) in [6.45, 7) is 7.33. The van der Waals surface area contributed by atoms with E-state index < -0.39 is 5.97 Å². The van der Waals surface area contributed by atoms with Gasteiger partial charge in [-0.2, -0.15) is 0 Å². The minimum absolute atomic E-state index is 0.158. The topological polar surface area (TPSA) is 58.6 Å². The van der Waals surface area contributed by atoms with Crippen LogP contribution in [0.3, 0.4) is 0 Å². The third-order valence-corrected chi connectivity index (χ3v) is 1.84. The molecule has 0 radical (unpaired) electrons. The number of rotatable bonds is 7. The molecular weight excluding hydrogens is 182 g/mol. The van der Waals surface area contributed by atoms with Gasteiger partial charge in [-0.1, -0.05) is 13.8 Å². The molecule has 0 spiro atoms. The Bertz CT molecular complexity index is 190. The lowest BCUT2D eigenvalue weighted by Crippen LogP contribution is -2.34. The first kappa shape index (κ1) is 13.0. The Labute approximate surface area is 85.0 Å². The van der Waals surface area contributed by atoms with Crippen LogP contribution in [0.15, 0.2) is 12.3 Å². The molecule has 0 rings (SSSR count). The van der Waals surface area contributed by atoms with Crippen LogP contribution in [0, 0.1) is 5.92 Å². The molecule has 0 aromatic rings. The van der Waals surface area contributed by atoms with Crippen molar-refractivity contribution < 1.29 is 14.6 Å². The van der Waals surface area contributed by atoms with E-state index in [1.54, 1.807) is 0 Å². The van der Waals surface area contributed by atoms with Crippen molar-refractivity contribution in [2.75, 3.05) is 13.2 Å². The minimum Gasteiger partial charge on any atom is -0.478 e. The van der Waals surface area contributed by atoms with Gasteiger partial charge in [-0.3, -0.25) is 0 Å². The maximum absolute atomic E-state index is 10.2. The summed E-state index contributed by atoms with van der Waals surface area (Å²) in [5.41, 5.74) is 0. The predicted molar refractivity (Wildman–Crippen MR) is 55.0 cm³/mol. The van der Waals surface area contributed by atoms with E-state index >= 15 is 0 Å². The lowest BCUT2D eigenvalue weighted by molar-refractivity contribution is -0.131. The van der Waals surface area contributed by atoms with Crippen LogP contribution in [0.5, 0.6) is 0 Å². The van der Waals surface area contributed by atoms with Crippen molar-refractivity contribution in [2.45, 2.75) is 26.8 Å². The number of carboxylic acids is 1. The summed E-state index contributed by atoms with van der Waals surface area (Å²) < 4.78 is 5.27. The van der Waals surface area contributed by atoms with Gasteiger partial charge in [0, 0.05) is 18.9 Å². The van der Waals surface area contributed by atoms with Crippen LogP contribution in [0.2, 0.25) is 0 Å². The SMILES string of the molecule is CCOCC(N/C=C/C(=O)O)C(C)C. The summed E-state index contributed by atoms with van der Waals surface area (Å²) in [6.07, 6.45) is 2.54. The Morgan fingerprint density at radius 1 is 1.57 bits per heavy atom. The fourth-order valence-corrected chi connectivity index (χ4v) is 0.921. The molecule has 2 N–H and O–H groups in total. The van der Waals surface area contributed by atoms with Crippen molar-refractivity contribution in [3.63, 3.8) is 0 Å². The lowest BCUT2D eigenvalue weighted by Gasteiger charge is -2.20. The molecular formula is C10H19NO3. The van der Waals surface area contributed by atoms with Gasteiger partial charge in [0.15, 0.2) is 0 Å². The Morgan fingerprint density at radius 2 is 2.21 bits per heavy atom. The number of hydrogen-bond acceptors (Lipinski definition) is 3. The molecule has 4 heteroatoms. The molecule has 0 fully saturated rings. The van der Waals surface area contributed by atoms with Gasteiger partial charge in [0.2, 0.25) is 0 Å². The second kappa shape index (κ2) is 7.38. The van der Waals surface area contributed by atoms with Crippen LogP contribution in [0.4, 0.5) is 0 Å². The Morgan fingerprint density at radius 3 is 2.64 bits per heavy atom. The van der Waals surface area contributed by atoms with E-state index in [2.05, 4.69) is 19.2 Å². The number of ether oxygens (including phenoxy) is 1. The molecule has 82 valence electrons. The summed E-state index contributed by atoms with van der Waals surface area (Å²) in [6, 6.07) is 0.158. The monoisotopic (exact) mass is 201 g/mol. The molecule has 0 amide bonds. The van der Waals surface area contributed by atoms with Gasteiger partial charge in [0.05, 0.1) is 12.6 Å². The highest BCUT2D eigenvalue weighted by Crippen LogP contribution is 2.01. The Kier molecular flexibility index (Phi) is 6.84. The molecule has 4 nitrogen and oxygen atoms in total. The van der Waals surface area contributed by atoms with E-state index in [0.29, 0.717) is 19.1 Å². The molecule has 0 heterocycles. The van der Waals surface area contributed by atoms with Gasteiger partial charge in [-0.15, -0.1) is 0 Å². The van der Waals surface area contributed by atoms with Crippen LogP contribution >= 0.6 is 0 Å². The minimum atomic E-state index is -0.948. The second-order valence-corrected chi connectivity index (χ2v) is 3.35. The van der Waals surface area contributed by atoms with Crippen LogP contribution in [0.25, 0.3) is 0 Å². The van der Waals surface area contributed by atoms with Gasteiger partial charge >= 0.3 is 5.97 Å². The molecule has 14 heavy (non-hydrogen) atoms. The summed E-state index contributed by atoms with van der Waals surface area (Å²) in [5, 5.41) is 11.4. The first-order chi connectivity index (χ1) is 6.57. The quantitative estimate of drug-likeness (QED) is 0.608. The van der Waals surface area contributed by atoms with Crippen molar-refractivity contribution in [3.8, 4) is 0 Å². The van der Waals surface area contributed by atoms with Crippen LogP contribution in [-0.2, 0) is 9.53 Å². The van der Waals surface area contributed by atoms with Gasteiger partial charge in [-0.05, 0) is 12.8 Å². The maximum atomic E-state index is 10.2. The highest BCUT2D eigenvalue weighted by Gasteiger charge is 2.10. The number of carboxylic acid groups (broad SMARTS) is 1. The fraction of sp³-hybridized carbons (Fsp3) is 0.700. The average Bonchev–Trinajstić information content (AvgIpc) is 2.09. The first-order valence-electron chi connectivity index (χ1n) is 4.81. The highest BCUT2D eigenvalue weighted by molar-refractivity contribution is 5.79. The molecule has 0 aromatic carbocycles. The third-order valence-electron chi connectivity index (χ3n) is 1.84. The Balaban J connectivity index is 3.90. The Hall–Kier alpha value is -1.03. The van der Waals surface area contributed by atoms with Gasteiger partial charge < -0.3 is 15.2 Å². The standard InChI is InChI=1S/C10H19NO3/c1-4-14-7-9(8(2)3)11-6-5-10(12)13/h5-6,8-9,11H,4,7H2,1-3H3,(H,12,13)/b6-5+. The highest BCUT2D eigenvalue weighted by atomic mass is 16.5. The third kappa shape index (κ3) is 6.48. The molecule has 0 saturated carbocycles. The van der Waals surface area contributed by atoms with Gasteiger partial charge in [0.25, 0.3) is 0 Å². The molecule has 0 aliphatic rings. The zero-order chi connectivity index (χ0) is 11.0. The lowest BCUT2D eigenvalue weighted by atomic mass is 10.1. The zero-order valence-electron chi connectivity index (χ0n) is 8.99. The summed E-state index contributed by atoms with van der Waals surface area (Å²) >= 11 is 0. The second-order valence-electron chi connectivity index (χ2n) is 3.35. The van der Waals surface area contributed by atoms with Crippen molar-refractivity contribution in [2.24, 2.45) is 5.92 Å². The largest absolute Gasteiger partial charge is 0.478 e. The summed E-state index contributed by atoms with van der Waals surface area (Å²) in [5.74, 6) is -0.545. The van der Waals surface area contributed by atoms with Crippen molar-refractivity contribution in [1.29, 1.82) is 0 Å². The van der Waals surface area contributed by atoms with E-state index in [0.717, 1.165) is 6.08 Å². The number of hydrogen-bond donors (Lipinski definition) is 2. The number of nitrogens with one attached hydrogen (secondary N) is 1. The molecule has 0 bridgehead atoms.